The monoisotopic (exact) mass is 299 g/mol. The molecule has 0 atom stereocenters. The Labute approximate surface area is 127 Å². The minimum Gasteiger partial charge on any atom is -0.389 e. The van der Waals surface area contributed by atoms with E-state index in [2.05, 4.69) is 10.3 Å². The summed E-state index contributed by atoms with van der Waals surface area (Å²) in [6.07, 6.45) is 0. The van der Waals surface area contributed by atoms with Gasteiger partial charge in [0.1, 0.15) is 11.5 Å². The molecule has 114 valence electrons. The Balaban J connectivity index is 2.33. The molecule has 0 fully saturated rings. The van der Waals surface area contributed by atoms with Crippen molar-refractivity contribution in [2.45, 2.75) is 32.9 Å². The van der Waals surface area contributed by atoms with Gasteiger partial charge in [-0.1, -0.05) is 35.5 Å². The number of aryl methyl sites for hydroxylation is 1. The van der Waals surface area contributed by atoms with Gasteiger partial charge in [-0.05, 0) is 20.8 Å². The Morgan fingerprint density at radius 3 is 2.59 bits per heavy atom. The third kappa shape index (κ3) is 2.53. The van der Waals surface area contributed by atoms with Crippen LogP contribution in [-0.2, 0) is 6.54 Å². The second-order valence-corrected chi connectivity index (χ2v) is 5.95. The van der Waals surface area contributed by atoms with Crippen LogP contribution in [0.1, 0.15) is 19.6 Å². The normalized spacial score (nSPS) is 12.0. The predicted molar refractivity (Wildman–Crippen MR) is 82.5 cm³/mol. The van der Waals surface area contributed by atoms with E-state index in [1.807, 2.05) is 30.3 Å². The van der Waals surface area contributed by atoms with Crippen molar-refractivity contribution < 1.29 is 9.63 Å². The Bertz CT molecular complexity index is 873. The lowest BCUT2D eigenvalue weighted by Crippen LogP contribution is -2.34. The molecule has 0 saturated heterocycles. The first kappa shape index (κ1) is 14.5. The van der Waals surface area contributed by atoms with Gasteiger partial charge in [-0.2, -0.15) is 5.10 Å². The van der Waals surface area contributed by atoms with Gasteiger partial charge < -0.3 is 9.63 Å². The fourth-order valence-electron chi connectivity index (χ4n) is 2.41. The lowest BCUT2D eigenvalue weighted by atomic mass is 10.1. The number of hydrogen-bond acceptors (Lipinski definition) is 5. The zero-order valence-electron chi connectivity index (χ0n) is 12.7. The summed E-state index contributed by atoms with van der Waals surface area (Å²) in [7, 11) is 0. The summed E-state index contributed by atoms with van der Waals surface area (Å²) in [4.78, 5) is 12.5. The van der Waals surface area contributed by atoms with Crippen molar-refractivity contribution in [1.82, 2.24) is 14.9 Å². The van der Waals surface area contributed by atoms with Gasteiger partial charge >= 0.3 is 0 Å². The van der Waals surface area contributed by atoms with Crippen LogP contribution in [0.4, 0.5) is 0 Å². The molecule has 0 unspecified atom stereocenters. The van der Waals surface area contributed by atoms with Crippen LogP contribution in [0, 0.1) is 6.92 Å². The van der Waals surface area contributed by atoms with E-state index in [1.165, 1.54) is 4.68 Å². The highest BCUT2D eigenvalue weighted by molar-refractivity contribution is 5.92. The molecular weight excluding hydrogens is 282 g/mol. The topological polar surface area (TPSA) is 81.2 Å². The molecule has 0 saturated carbocycles. The van der Waals surface area contributed by atoms with E-state index in [9.17, 15) is 9.90 Å². The number of aromatic nitrogens is 3. The van der Waals surface area contributed by atoms with E-state index in [-0.39, 0.29) is 17.6 Å². The van der Waals surface area contributed by atoms with Gasteiger partial charge in [0.2, 0.25) is 0 Å². The van der Waals surface area contributed by atoms with Crippen molar-refractivity contribution in [3.05, 3.63) is 46.4 Å². The molecule has 0 aliphatic rings. The average molecular weight is 299 g/mol. The van der Waals surface area contributed by atoms with Crippen LogP contribution in [0.3, 0.4) is 0 Å². The number of aliphatic hydroxyl groups is 1. The number of rotatable bonds is 3. The molecule has 0 radical (unpaired) electrons. The minimum atomic E-state index is -1.06. The Morgan fingerprint density at radius 2 is 1.95 bits per heavy atom. The van der Waals surface area contributed by atoms with E-state index in [1.54, 1.807) is 20.8 Å². The van der Waals surface area contributed by atoms with Crippen LogP contribution in [0.25, 0.3) is 22.2 Å². The predicted octanol–water partition coefficient (Wildman–Crippen LogP) is 2.13. The highest BCUT2D eigenvalue weighted by Crippen LogP contribution is 2.27. The van der Waals surface area contributed by atoms with Crippen molar-refractivity contribution >= 4 is 10.9 Å². The summed E-state index contributed by atoms with van der Waals surface area (Å²) in [6, 6.07) is 9.53. The number of hydrogen-bond donors (Lipinski definition) is 1. The maximum Gasteiger partial charge on any atom is 0.296 e. The first-order valence-electron chi connectivity index (χ1n) is 7.02. The Kier molecular flexibility index (Phi) is 3.33. The lowest BCUT2D eigenvalue weighted by Gasteiger charge is -2.18. The molecule has 2 aromatic heterocycles. The van der Waals surface area contributed by atoms with Gasteiger partial charge in [0.25, 0.3) is 5.56 Å². The van der Waals surface area contributed by atoms with Gasteiger partial charge in [-0.25, -0.2) is 4.68 Å². The summed E-state index contributed by atoms with van der Waals surface area (Å²) in [5.74, 6) is 0.550. The second kappa shape index (κ2) is 5.06. The number of fused-ring (bicyclic) bond motifs is 1. The zero-order chi connectivity index (χ0) is 15.9. The standard InChI is InChI=1S/C16H17N3O3/c1-10-12-13(11-7-5-4-6-8-11)17-19(9-16(2,3)21)15(20)14(12)18-22-10/h4-8,21H,9H2,1-3H3. The first-order valence-corrected chi connectivity index (χ1v) is 7.02. The van der Waals surface area contributed by atoms with Crippen LogP contribution in [0.5, 0.6) is 0 Å². The molecule has 22 heavy (non-hydrogen) atoms. The van der Waals surface area contributed by atoms with Crippen LogP contribution in [0.15, 0.2) is 39.6 Å². The second-order valence-electron chi connectivity index (χ2n) is 5.95. The quantitative estimate of drug-likeness (QED) is 0.801. The largest absolute Gasteiger partial charge is 0.389 e. The van der Waals surface area contributed by atoms with Crippen molar-refractivity contribution in [2.75, 3.05) is 0 Å². The summed E-state index contributed by atoms with van der Waals surface area (Å²) >= 11 is 0. The number of nitrogens with zero attached hydrogens (tertiary/aromatic N) is 3. The van der Waals surface area contributed by atoms with Crippen molar-refractivity contribution in [3.8, 4) is 11.3 Å². The third-order valence-corrected chi connectivity index (χ3v) is 3.34. The Morgan fingerprint density at radius 1 is 1.27 bits per heavy atom. The summed E-state index contributed by atoms with van der Waals surface area (Å²) in [5, 5.41) is 18.9. The van der Waals surface area contributed by atoms with Gasteiger partial charge in [0, 0.05) is 5.56 Å². The van der Waals surface area contributed by atoms with Crippen LogP contribution in [-0.4, -0.2) is 25.6 Å². The molecule has 1 aromatic carbocycles. The third-order valence-electron chi connectivity index (χ3n) is 3.34. The molecule has 3 rings (SSSR count). The van der Waals surface area contributed by atoms with Crippen molar-refractivity contribution in [3.63, 3.8) is 0 Å². The van der Waals surface area contributed by atoms with Crippen LogP contribution in [0.2, 0.25) is 0 Å². The van der Waals surface area contributed by atoms with Crippen molar-refractivity contribution in [2.24, 2.45) is 0 Å². The molecule has 0 bridgehead atoms. The SMILES string of the molecule is Cc1onc2c(=O)n(CC(C)(C)O)nc(-c3ccccc3)c12. The summed E-state index contributed by atoms with van der Waals surface area (Å²) in [6.45, 7) is 5.08. The van der Waals surface area contributed by atoms with Crippen molar-refractivity contribution in [1.29, 1.82) is 0 Å². The van der Waals surface area contributed by atoms with E-state index in [4.69, 9.17) is 4.52 Å². The highest BCUT2D eigenvalue weighted by atomic mass is 16.5. The van der Waals surface area contributed by atoms with Crippen LogP contribution < -0.4 is 5.56 Å². The smallest absolute Gasteiger partial charge is 0.296 e. The van der Waals surface area contributed by atoms with E-state index < -0.39 is 5.60 Å². The first-order chi connectivity index (χ1) is 10.4. The number of benzene rings is 1. The fourth-order valence-corrected chi connectivity index (χ4v) is 2.41. The average Bonchev–Trinajstić information content (AvgIpc) is 2.84. The summed E-state index contributed by atoms with van der Waals surface area (Å²) < 4.78 is 6.42. The zero-order valence-corrected chi connectivity index (χ0v) is 12.7. The molecule has 6 nitrogen and oxygen atoms in total. The fraction of sp³-hybridized carbons (Fsp3) is 0.312. The molecule has 0 amide bonds. The van der Waals surface area contributed by atoms with Gasteiger partial charge in [0.05, 0.1) is 17.5 Å². The maximum absolute atomic E-state index is 12.5. The molecular formula is C16H17N3O3. The minimum absolute atomic E-state index is 0.0769. The Hall–Kier alpha value is -2.47. The van der Waals surface area contributed by atoms with E-state index in [0.29, 0.717) is 16.8 Å². The molecule has 0 spiro atoms. The van der Waals surface area contributed by atoms with E-state index >= 15 is 0 Å². The molecule has 0 aliphatic carbocycles. The lowest BCUT2D eigenvalue weighted by molar-refractivity contribution is 0.0564. The molecule has 1 N–H and O–H groups in total. The van der Waals surface area contributed by atoms with Gasteiger partial charge in [-0.3, -0.25) is 4.79 Å². The van der Waals surface area contributed by atoms with Gasteiger partial charge in [-0.15, -0.1) is 0 Å². The van der Waals surface area contributed by atoms with Gasteiger partial charge in [0.15, 0.2) is 5.52 Å². The van der Waals surface area contributed by atoms with E-state index in [0.717, 1.165) is 5.56 Å². The molecule has 3 aromatic rings. The summed E-state index contributed by atoms with van der Waals surface area (Å²) in [5.41, 5.74) is 0.294. The molecule has 6 heteroatoms. The molecule has 2 heterocycles. The van der Waals surface area contributed by atoms with Crippen LogP contribution >= 0.6 is 0 Å². The maximum atomic E-state index is 12.5. The highest BCUT2D eigenvalue weighted by Gasteiger charge is 2.22. The molecule has 0 aliphatic heterocycles.